The summed E-state index contributed by atoms with van der Waals surface area (Å²) in [5.74, 6) is -1.16. The summed E-state index contributed by atoms with van der Waals surface area (Å²) in [4.78, 5) is 49.8. The van der Waals surface area contributed by atoms with E-state index >= 15 is 0 Å². The highest BCUT2D eigenvalue weighted by atomic mass is 19.4. The quantitative estimate of drug-likeness (QED) is 0.508. The molecule has 1 aromatic heterocycles. The van der Waals surface area contributed by atoms with Crippen LogP contribution in [-0.2, 0) is 16.1 Å². The van der Waals surface area contributed by atoms with Crippen LogP contribution in [0.2, 0.25) is 0 Å². The molecule has 0 saturated carbocycles. The average Bonchev–Trinajstić information content (AvgIpc) is 3.29. The molecule has 2 aliphatic heterocycles. The van der Waals surface area contributed by atoms with Crippen LogP contribution in [0.25, 0.3) is 0 Å². The number of alkyl halides is 3. The number of aliphatic hydroxyl groups is 1. The monoisotopic (exact) mass is 577 g/mol. The number of nitriles is 1. The number of aliphatic hydroxyl groups excluding tert-OH is 1. The maximum Gasteiger partial charge on any atom is 0.416 e. The number of nitrogens with zero attached hydrogens (tertiary/aromatic N) is 4. The van der Waals surface area contributed by atoms with Gasteiger partial charge >= 0.3 is 12.3 Å². The predicted molar refractivity (Wildman–Crippen MR) is 140 cm³/mol. The molecule has 10 nitrogen and oxygen atoms in total. The molecule has 41 heavy (non-hydrogen) atoms. The zero-order chi connectivity index (χ0) is 30.1. The molecule has 1 saturated heterocycles. The second kappa shape index (κ2) is 11.7. The summed E-state index contributed by atoms with van der Waals surface area (Å²) >= 11 is 0. The minimum atomic E-state index is -4.46. The number of carbonyl (C=O) groups is 2. The van der Waals surface area contributed by atoms with Gasteiger partial charge in [-0.05, 0) is 40.0 Å². The topological polar surface area (TPSA) is 140 Å². The molecule has 2 unspecified atom stereocenters. The predicted octanol–water partition coefficient (Wildman–Crippen LogP) is 3.79. The number of allylic oxidation sites excluding steroid dienone is 4. The van der Waals surface area contributed by atoms with Crippen molar-refractivity contribution in [1.29, 1.82) is 5.26 Å². The van der Waals surface area contributed by atoms with Crippen molar-refractivity contribution in [3.8, 4) is 6.07 Å². The molecule has 1 fully saturated rings. The smallest absolute Gasteiger partial charge is 0.416 e. The Kier molecular flexibility index (Phi) is 8.63. The summed E-state index contributed by atoms with van der Waals surface area (Å²) in [7, 11) is 0. The number of nitrogens with one attached hydrogen (secondary N) is 1. The number of halogens is 3. The van der Waals surface area contributed by atoms with Crippen molar-refractivity contribution in [1.82, 2.24) is 19.8 Å². The van der Waals surface area contributed by atoms with E-state index in [4.69, 9.17) is 10.00 Å². The first-order valence-electron chi connectivity index (χ1n) is 13.6. The van der Waals surface area contributed by atoms with Gasteiger partial charge in [0.05, 0.1) is 42.1 Å². The Labute approximate surface area is 235 Å². The third-order valence-corrected chi connectivity index (χ3v) is 7.37. The van der Waals surface area contributed by atoms with E-state index in [0.717, 1.165) is 12.2 Å². The van der Waals surface area contributed by atoms with Crippen LogP contribution in [0.5, 0.6) is 0 Å². The first-order chi connectivity index (χ1) is 19.2. The number of rotatable bonds is 5. The largest absolute Gasteiger partial charge is 0.444 e. The van der Waals surface area contributed by atoms with Crippen molar-refractivity contribution in [2.45, 2.75) is 95.2 Å². The first-order valence-corrected chi connectivity index (χ1v) is 13.6. The lowest BCUT2D eigenvalue weighted by Gasteiger charge is -2.37. The zero-order valence-corrected chi connectivity index (χ0v) is 23.2. The SMILES string of the molecule is CC(C)(C)OC(=O)N1C[C@H](O)C[C@H]1C(=O)N1Cc2c(nc(C3C=CC(C(F)(F)F)=CC3)[nH]c2=O)C(CCCC#N)C1. The second-order valence-electron chi connectivity index (χ2n) is 11.7. The summed E-state index contributed by atoms with van der Waals surface area (Å²) in [6, 6.07) is 1.10. The summed E-state index contributed by atoms with van der Waals surface area (Å²) in [5, 5.41) is 19.3. The van der Waals surface area contributed by atoms with Crippen LogP contribution in [0.4, 0.5) is 18.0 Å². The Hall–Kier alpha value is -3.66. The molecule has 1 aromatic rings. The van der Waals surface area contributed by atoms with Gasteiger partial charge in [-0.2, -0.15) is 18.4 Å². The van der Waals surface area contributed by atoms with Gasteiger partial charge in [0.25, 0.3) is 5.56 Å². The van der Waals surface area contributed by atoms with Crippen molar-refractivity contribution in [3.63, 3.8) is 0 Å². The van der Waals surface area contributed by atoms with E-state index in [1.54, 1.807) is 20.8 Å². The molecule has 0 bridgehead atoms. The van der Waals surface area contributed by atoms with Gasteiger partial charge in [0, 0.05) is 31.2 Å². The molecule has 2 amide bonds. The number of carbonyl (C=O) groups excluding carboxylic acids is 2. The van der Waals surface area contributed by atoms with Crippen LogP contribution in [0.3, 0.4) is 0 Å². The number of aromatic nitrogens is 2. The highest BCUT2D eigenvalue weighted by molar-refractivity contribution is 5.86. The van der Waals surface area contributed by atoms with Gasteiger partial charge in [-0.1, -0.05) is 18.2 Å². The van der Waals surface area contributed by atoms with Crippen LogP contribution in [0.15, 0.2) is 28.6 Å². The van der Waals surface area contributed by atoms with Crippen LogP contribution >= 0.6 is 0 Å². The Morgan fingerprint density at radius 3 is 2.61 bits per heavy atom. The Morgan fingerprint density at radius 1 is 1.27 bits per heavy atom. The van der Waals surface area contributed by atoms with E-state index in [1.165, 1.54) is 15.9 Å². The fraction of sp³-hybridized carbons (Fsp3) is 0.607. The molecule has 0 radical (unpaired) electrons. The van der Waals surface area contributed by atoms with Gasteiger partial charge in [0.2, 0.25) is 5.91 Å². The molecule has 0 spiro atoms. The lowest BCUT2D eigenvalue weighted by Crippen LogP contribution is -2.51. The van der Waals surface area contributed by atoms with Crippen LogP contribution in [0.1, 0.15) is 81.8 Å². The van der Waals surface area contributed by atoms with Crippen LogP contribution in [-0.4, -0.2) is 73.9 Å². The molecule has 13 heteroatoms. The molecule has 4 atom stereocenters. The first kappa shape index (κ1) is 30.3. The Bertz CT molecular complexity index is 1340. The number of H-pyrrole nitrogens is 1. The number of likely N-dealkylation sites (tertiary alicyclic amines) is 1. The average molecular weight is 578 g/mol. The van der Waals surface area contributed by atoms with E-state index in [-0.39, 0.29) is 50.3 Å². The molecule has 1 aliphatic carbocycles. The molecular formula is C28H34F3N5O5. The Balaban J connectivity index is 1.61. The summed E-state index contributed by atoms with van der Waals surface area (Å²) < 4.78 is 44.6. The second-order valence-corrected chi connectivity index (χ2v) is 11.7. The third-order valence-electron chi connectivity index (χ3n) is 7.37. The lowest BCUT2D eigenvalue weighted by molar-refractivity contribution is -0.137. The fourth-order valence-corrected chi connectivity index (χ4v) is 5.45. The highest BCUT2D eigenvalue weighted by Crippen LogP contribution is 2.35. The molecule has 3 heterocycles. The summed E-state index contributed by atoms with van der Waals surface area (Å²) in [5.41, 5.74) is -1.34. The van der Waals surface area contributed by atoms with E-state index in [0.29, 0.717) is 18.5 Å². The minimum Gasteiger partial charge on any atom is -0.444 e. The molecular weight excluding hydrogens is 543 g/mol. The van der Waals surface area contributed by atoms with Gasteiger partial charge in [-0.3, -0.25) is 14.5 Å². The number of ether oxygens (including phenoxy) is 1. The summed E-state index contributed by atoms with van der Waals surface area (Å²) in [6.07, 6.45) is -1.45. The number of amides is 2. The lowest BCUT2D eigenvalue weighted by atomic mass is 9.89. The van der Waals surface area contributed by atoms with Crippen molar-refractivity contribution < 1.29 is 32.6 Å². The summed E-state index contributed by atoms with van der Waals surface area (Å²) in [6.45, 7) is 5.11. The van der Waals surface area contributed by atoms with Gasteiger partial charge in [-0.15, -0.1) is 0 Å². The van der Waals surface area contributed by atoms with Crippen LogP contribution in [0, 0.1) is 11.3 Å². The molecule has 222 valence electrons. The molecule has 4 rings (SSSR count). The van der Waals surface area contributed by atoms with Crippen molar-refractivity contribution >= 4 is 12.0 Å². The van der Waals surface area contributed by atoms with Crippen molar-refractivity contribution in [2.24, 2.45) is 0 Å². The molecule has 0 aromatic carbocycles. The number of hydrogen-bond donors (Lipinski definition) is 2. The molecule has 2 N–H and O–H groups in total. The van der Waals surface area contributed by atoms with Gasteiger partial charge in [0.15, 0.2) is 0 Å². The number of β-amino-alcohol motifs (C(OH)–C–C–N with tert-alkyl or cyclic N) is 1. The van der Waals surface area contributed by atoms with Crippen molar-refractivity contribution in [3.05, 3.63) is 51.2 Å². The number of unbranched alkanes of at least 4 members (excludes halogenated alkanes) is 1. The third kappa shape index (κ3) is 6.98. The number of fused-ring (bicyclic) bond motifs is 1. The van der Waals surface area contributed by atoms with Crippen LogP contribution < -0.4 is 5.56 Å². The zero-order valence-electron chi connectivity index (χ0n) is 23.2. The maximum atomic E-state index is 13.7. The standard InChI is InChI=1S/C28H34F3N5O5/c1-27(2,3)41-26(40)36-14-19(37)12-21(36)25(39)35-13-17(6-4-5-11-32)22-20(15-35)24(38)34-23(33-22)16-7-9-18(10-8-16)28(29,30)31/h7,9-10,16-17,19,21,37H,4-6,8,12-15H2,1-3H3,(H,33,34,38)/t16?,17?,19-,21+/m1/s1. The van der Waals surface area contributed by atoms with E-state index in [9.17, 15) is 32.7 Å². The highest BCUT2D eigenvalue weighted by Gasteiger charge is 2.44. The molecule has 3 aliphatic rings. The minimum absolute atomic E-state index is 0.0152. The number of aromatic amines is 1. The maximum absolute atomic E-state index is 13.7. The van der Waals surface area contributed by atoms with E-state index < -0.39 is 58.9 Å². The van der Waals surface area contributed by atoms with E-state index in [2.05, 4.69) is 16.0 Å². The van der Waals surface area contributed by atoms with Gasteiger partial charge in [0.1, 0.15) is 17.5 Å². The van der Waals surface area contributed by atoms with Gasteiger partial charge < -0.3 is 19.7 Å². The van der Waals surface area contributed by atoms with Crippen molar-refractivity contribution in [2.75, 3.05) is 13.1 Å². The van der Waals surface area contributed by atoms with Gasteiger partial charge in [-0.25, -0.2) is 9.78 Å². The Morgan fingerprint density at radius 2 is 2.00 bits per heavy atom. The fourth-order valence-electron chi connectivity index (χ4n) is 5.45. The normalized spacial score (nSPS) is 24.5. The van der Waals surface area contributed by atoms with E-state index in [1.807, 2.05) is 0 Å². The number of hydrogen-bond acceptors (Lipinski definition) is 7.